The Hall–Kier alpha value is -2.69. The minimum atomic E-state index is 0.433. The number of para-hydroxylation sites is 1. The topological polar surface area (TPSA) is 55.6 Å². The predicted octanol–water partition coefficient (Wildman–Crippen LogP) is 3.27. The fraction of sp³-hybridized carbons (Fsp3) is 0.235. The van der Waals surface area contributed by atoms with Crippen LogP contribution in [0.5, 0.6) is 0 Å². The zero-order chi connectivity index (χ0) is 15.2. The molecule has 5 nitrogen and oxygen atoms in total. The maximum Gasteiger partial charge on any atom is 0.247 e. The zero-order valence-electron chi connectivity index (χ0n) is 12.6. The van der Waals surface area contributed by atoms with Gasteiger partial charge < -0.3 is 5.32 Å². The van der Waals surface area contributed by atoms with Crippen LogP contribution in [0.25, 0.3) is 5.69 Å². The molecule has 0 radical (unpaired) electrons. The summed E-state index contributed by atoms with van der Waals surface area (Å²) in [5, 5.41) is 15.3. The van der Waals surface area contributed by atoms with Crippen molar-refractivity contribution in [2.75, 3.05) is 11.9 Å². The lowest BCUT2D eigenvalue weighted by Crippen LogP contribution is -2.15. The summed E-state index contributed by atoms with van der Waals surface area (Å²) in [5.74, 6) is 1.10. The first-order valence-electron chi connectivity index (χ1n) is 7.51. The molecular formula is C17H19N5. The molecular weight excluding hydrogens is 274 g/mol. The SMILES string of the molecule is CC[C@H](CNc1nnnn1-c1ccccc1)c1ccccc1. The number of aromatic nitrogens is 4. The Bertz CT molecular complexity index is 693. The average molecular weight is 293 g/mol. The van der Waals surface area contributed by atoms with Gasteiger partial charge in [-0.2, -0.15) is 4.68 Å². The third-order valence-electron chi connectivity index (χ3n) is 3.74. The second-order valence-corrected chi connectivity index (χ2v) is 5.15. The number of benzene rings is 2. The normalized spacial score (nSPS) is 12.0. The number of hydrogen-bond acceptors (Lipinski definition) is 4. The molecule has 0 aliphatic carbocycles. The quantitative estimate of drug-likeness (QED) is 0.758. The van der Waals surface area contributed by atoms with Gasteiger partial charge in [-0.1, -0.05) is 60.6 Å². The van der Waals surface area contributed by atoms with E-state index in [1.807, 2.05) is 36.4 Å². The Balaban J connectivity index is 1.73. The van der Waals surface area contributed by atoms with Gasteiger partial charge in [0, 0.05) is 12.5 Å². The molecule has 3 aromatic rings. The lowest BCUT2D eigenvalue weighted by Gasteiger charge is -2.16. The van der Waals surface area contributed by atoms with Crippen LogP contribution >= 0.6 is 0 Å². The van der Waals surface area contributed by atoms with Gasteiger partial charge in [-0.3, -0.25) is 0 Å². The van der Waals surface area contributed by atoms with E-state index in [9.17, 15) is 0 Å². The van der Waals surface area contributed by atoms with Crippen LogP contribution in [-0.4, -0.2) is 26.8 Å². The van der Waals surface area contributed by atoms with Gasteiger partial charge in [0.25, 0.3) is 0 Å². The van der Waals surface area contributed by atoms with Crippen LogP contribution in [0, 0.1) is 0 Å². The number of nitrogens with zero attached hydrogens (tertiary/aromatic N) is 4. The highest BCUT2D eigenvalue weighted by atomic mass is 15.6. The van der Waals surface area contributed by atoms with Crippen molar-refractivity contribution in [3.63, 3.8) is 0 Å². The highest BCUT2D eigenvalue weighted by Crippen LogP contribution is 2.20. The molecule has 0 bridgehead atoms. The zero-order valence-corrected chi connectivity index (χ0v) is 12.6. The van der Waals surface area contributed by atoms with E-state index in [1.54, 1.807) is 4.68 Å². The average Bonchev–Trinajstić information content (AvgIpc) is 3.06. The van der Waals surface area contributed by atoms with Crippen molar-refractivity contribution in [3.8, 4) is 5.69 Å². The fourth-order valence-electron chi connectivity index (χ4n) is 2.48. The highest BCUT2D eigenvalue weighted by molar-refractivity contribution is 5.38. The molecule has 22 heavy (non-hydrogen) atoms. The smallest absolute Gasteiger partial charge is 0.247 e. The van der Waals surface area contributed by atoms with Crippen LogP contribution in [-0.2, 0) is 0 Å². The maximum atomic E-state index is 4.08. The van der Waals surface area contributed by atoms with E-state index in [-0.39, 0.29) is 0 Å². The Morgan fingerprint density at radius 3 is 2.36 bits per heavy atom. The number of nitrogens with one attached hydrogen (secondary N) is 1. The fourth-order valence-corrected chi connectivity index (χ4v) is 2.48. The van der Waals surface area contributed by atoms with Crippen LogP contribution < -0.4 is 5.32 Å². The van der Waals surface area contributed by atoms with Crippen LogP contribution in [0.15, 0.2) is 60.7 Å². The molecule has 3 rings (SSSR count). The van der Waals surface area contributed by atoms with E-state index < -0.39 is 0 Å². The maximum absolute atomic E-state index is 4.08. The molecule has 0 spiro atoms. The number of anilines is 1. The molecule has 112 valence electrons. The molecule has 1 N–H and O–H groups in total. The summed E-state index contributed by atoms with van der Waals surface area (Å²) in [5.41, 5.74) is 2.28. The van der Waals surface area contributed by atoms with E-state index in [0.29, 0.717) is 11.9 Å². The largest absolute Gasteiger partial charge is 0.352 e. The van der Waals surface area contributed by atoms with E-state index in [1.165, 1.54) is 5.56 Å². The monoisotopic (exact) mass is 293 g/mol. The molecule has 0 aliphatic rings. The lowest BCUT2D eigenvalue weighted by molar-refractivity contribution is 0.688. The third kappa shape index (κ3) is 3.14. The summed E-state index contributed by atoms with van der Waals surface area (Å²) in [6, 6.07) is 20.4. The molecule has 0 saturated carbocycles. The first-order valence-corrected chi connectivity index (χ1v) is 7.51. The van der Waals surface area contributed by atoms with Gasteiger partial charge >= 0.3 is 0 Å². The summed E-state index contributed by atoms with van der Waals surface area (Å²) >= 11 is 0. The van der Waals surface area contributed by atoms with Crippen molar-refractivity contribution in [2.24, 2.45) is 0 Å². The van der Waals surface area contributed by atoms with Crippen LogP contribution in [0.1, 0.15) is 24.8 Å². The third-order valence-corrected chi connectivity index (χ3v) is 3.74. The van der Waals surface area contributed by atoms with E-state index in [0.717, 1.165) is 18.7 Å². The predicted molar refractivity (Wildman–Crippen MR) is 87.1 cm³/mol. The van der Waals surface area contributed by atoms with Gasteiger partial charge in [0.15, 0.2) is 0 Å². The van der Waals surface area contributed by atoms with Crippen molar-refractivity contribution in [1.82, 2.24) is 20.2 Å². The summed E-state index contributed by atoms with van der Waals surface area (Å²) in [4.78, 5) is 0. The number of hydrogen-bond donors (Lipinski definition) is 1. The summed E-state index contributed by atoms with van der Waals surface area (Å²) in [7, 11) is 0. The van der Waals surface area contributed by atoms with Gasteiger partial charge in [-0.25, -0.2) is 0 Å². The second-order valence-electron chi connectivity index (χ2n) is 5.15. The standard InChI is InChI=1S/C17H19N5/c1-2-14(15-9-5-3-6-10-15)13-18-17-19-20-21-22(17)16-11-7-4-8-12-16/h3-12,14H,2,13H2,1H3,(H,18,19,21)/t14-/m1/s1. The number of rotatable bonds is 6. The van der Waals surface area contributed by atoms with Gasteiger partial charge in [-0.05, 0) is 34.5 Å². The Kier molecular flexibility index (Phi) is 4.44. The van der Waals surface area contributed by atoms with Crippen LogP contribution in [0.3, 0.4) is 0 Å². The van der Waals surface area contributed by atoms with E-state index in [4.69, 9.17) is 0 Å². The minimum Gasteiger partial charge on any atom is -0.352 e. The summed E-state index contributed by atoms with van der Waals surface area (Å²) in [6.07, 6.45) is 1.06. The summed E-state index contributed by atoms with van der Waals surface area (Å²) in [6.45, 7) is 2.99. The van der Waals surface area contributed by atoms with Crippen molar-refractivity contribution in [2.45, 2.75) is 19.3 Å². The first-order chi connectivity index (χ1) is 10.9. The van der Waals surface area contributed by atoms with Gasteiger partial charge in [0.05, 0.1) is 5.69 Å². The molecule has 0 saturated heterocycles. The van der Waals surface area contributed by atoms with Gasteiger partial charge in [0.2, 0.25) is 5.95 Å². The molecule has 1 atom stereocenters. The van der Waals surface area contributed by atoms with Crippen molar-refractivity contribution in [3.05, 3.63) is 66.2 Å². The molecule has 0 unspecified atom stereocenters. The Labute approximate surface area is 130 Å². The Morgan fingerprint density at radius 1 is 1.00 bits per heavy atom. The first kappa shape index (κ1) is 14.3. The van der Waals surface area contributed by atoms with Gasteiger partial charge in [0.1, 0.15) is 0 Å². The van der Waals surface area contributed by atoms with Crippen LogP contribution in [0.2, 0.25) is 0 Å². The van der Waals surface area contributed by atoms with E-state index >= 15 is 0 Å². The van der Waals surface area contributed by atoms with Crippen molar-refractivity contribution >= 4 is 5.95 Å². The summed E-state index contributed by atoms with van der Waals surface area (Å²) < 4.78 is 1.72. The van der Waals surface area contributed by atoms with E-state index in [2.05, 4.69) is 52.0 Å². The van der Waals surface area contributed by atoms with Crippen LogP contribution in [0.4, 0.5) is 5.95 Å². The minimum absolute atomic E-state index is 0.433. The van der Waals surface area contributed by atoms with Crippen molar-refractivity contribution in [1.29, 1.82) is 0 Å². The number of tetrazole rings is 1. The molecule has 0 aliphatic heterocycles. The molecule has 1 heterocycles. The second kappa shape index (κ2) is 6.85. The molecule has 0 fully saturated rings. The van der Waals surface area contributed by atoms with Gasteiger partial charge in [-0.15, -0.1) is 0 Å². The molecule has 5 heteroatoms. The van der Waals surface area contributed by atoms with Crippen molar-refractivity contribution < 1.29 is 0 Å². The lowest BCUT2D eigenvalue weighted by atomic mass is 9.97. The molecule has 0 amide bonds. The molecule has 1 aromatic heterocycles. The molecule has 2 aromatic carbocycles. The Morgan fingerprint density at radius 2 is 1.68 bits per heavy atom. The highest BCUT2D eigenvalue weighted by Gasteiger charge is 2.12.